The van der Waals surface area contributed by atoms with Gasteiger partial charge in [-0.2, -0.15) is 0 Å². The molecule has 1 N–H and O–H groups in total. The Morgan fingerprint density at radius 3 is 2.42 bits per heavy atom. The molecule has 1 fully saturated rings. The van der Waals surface area contributed by atoms with Gasteiger partial charge in [-0.3, -0.25) is 9.69 Å². The van der Waals surface area contributed by atoms with E-state index in [4.69, 9.17) is 4.74 Å². The summed E-state index contributed by atoms with van der Waals surface area (Å²) in [5, 5.41) is 2.89. The molecule has 172 valence electrons. The third-order valence-corrected chi connectivity index (χ3v) is 5.89. The van der Waals surface area contributed by atoms with Gasteiger partial charge in [0.15, 0.2) is 6.61 Å². The second-order valence-electron chi connectivity index (χ2n) is 8.62. The van der Waals surface area contributed by atoms with Gasteiger partial charge in [-0.1, -0.05) is 30.3 Å². The third kappa shape index (κ3) is 6.40. The molecule has 3 aromatic rings. The van der Waals surface area contributed by atoms with Gasteiger partial charge in [0.25, 0.3) is 5.91 Å². The highest BCUT2D eigenvalue weighted by atomic mass is 19.1. The lowest BCUT2D eigenvalue weighted by Crippen LogP contribution is -2.43. The number of hydrogen-bond donors (Lipinski definition) is 1. The molecule has 1 aliphatic rings. The van der Waals surface area contributed by atoms with Crippen LogP contribution in [0.25, 0.3) is 11.1 Å². The number of halogens is 1. The van der Waals surface area contributed by atoms with Crippen molar-refractivity contribution in [3.63, 3.8) is 0 Å². The summed E-state index contributed by atoms with van der Waals surface area (Å²) in [6.07, 6.45) is 0. The van der Waals surface area contributed by atoms with Crippen molar-refractivity contribution in [2.24, 2.45) is 0 Å². The average molecular weight is 448 g/mol. The van der Waals surface area contributed by atoms with Gasteiger partial charge in [0.05, 0.1) is 0 Å². The molecule has 33 heavy (non-hydrogen) atoms. The van der Waals surface area contributed by atoms with Crippen LogP contribution in [0.1, 0.15) is 11.1 Å². The van der Waals surface area contributed by atoms with Gasteiger partial charge in [0, 0.05) is 44.0 Å². The lowest BCUT2D eigenvalue weighted by molar-refractivity contribution is -0.118. The van der Waals surface area contributed by atoms with Crippen LogP contribution in [0.15, 0.2) is 66.7 Å². The van der Waals surface area contributed by atoms with Crippen LogP contribution in [0.3, 0.4) is 0 Å². The highest BCUT2D eigenvalue weighted by Gasteiger charge is 2.17. The van der Waals surface area contributed by atoms with Gasteiger partial charge in [0.2, 0.25) is 0 Å². The maximum Gasteiger partial charge on any atom is 0.262 e. The highest BCUT2D eigenvalue weighted by Crippen LogP contribution is 2.28. The number of ether oxygens (including phenoxy) is 1. The van der Waals surface area contributed by atoms with E-state index in [2.05, 4.69) is 28.2 Å². The topological polar surface area (TPSA) is 44.8 Å². The SMILES string of the molecule is Cc1cccc(NC(=O)COc2ccc(-c3ccc(F)cc3)cc2CN2CCN(C)CC2)c1. The number of amides is 1. The monoisotopic (exact) mass is 447 g/mol. The molecular weight excluding hydrogens is 417 g/mol. The van der Waals surface area contributed by atoms with Crippen LogP contribution in [0.2, 0.25) is 0 Å². The van der Waals surface area contributed by atoms with E-state index >= 15 is 0 Å². The zero-order chi connectivity index (χ0) is 23.2. The number of piperazine rings is 1. The summed E-state index contributed by atoms with van der Waals surface area (Å²) < 4.78 is 19.3. The van der Waals surface area contributed by atoms with Gasteiger partial charge in [0.1, 0.15) is 11.6 Å². The summed E-state index contributed by atoms with van der Waals surface area (Å²) in [6, 6.07) is 20.1. The van der Waals surface area contributed by atoms with Gasteiger partial charge in [-0.15, -0.1) is 0 Å². The molecule has 1 heterocycles. The summed E-state index contributed by atoms with van der Waals surface area (Å²) >= 11 is 0. The Kier molecular flexibility index (Phi) is 7.37. The summed E-state index contributed by atoms with van der Waals surface area (Å²) in [5.41, 5.74) is 4.80. The minimum absolute atomic E-state index is 0.0699. The molecule has 0 unspecified atom stereocenters. The quantitative estimate of drug-likeness (QED) is 0.577. The van der Waals surface area contributed by atoms with Crippen molar-refractivity contribution in [2.45, 2.75) is 13.5 Å². The van der Waals surface area contributed by atoms with Crippen LogP contribution < -0.4 is 10.1 Å². The number of hydrogen-bond acceptors (Lipinski definition) is 4. The fourth-order valence-electron chi connectivity index (χ4n) is 3.98. The number of rotatable bonds is 7. The van der Waals surface area contributed by atoms with E-state index in [9.17, 15) is 9.18 Å². The van der Waals surface area contributed by atoms with Gasteiger partial charge >= 0.3 is 0 Å². The lowest BCUT2D eigenvalue weighted by Gasteiger charge is -2.32. The second-order valence-corrected chi connectivity index (χ2v) is 8.62. The van der Waals surface area contributed by atoms with E-state index in [0.29, 0.717) is 5.75 Å². The van der Waals surface area contributed by atoms with E-state index < -0.39 is 0 Å². The van der Waals surface area contributed by atoms with E-state index in [0.717, 1.165) is 60.7 Å². The van der Waals surface area contributed by atoms with E-state index in [1.54, 1.807) is 12.1 Å². The number of nitrogens with zero attached hydrogens (tertiary/aromatic N) is 2. The van der Waals surface area contributed by atoms with Crippen LogP contribution in [0, 0.1) is 12.7 Å². The first kappa shape index (κ1) is 23.0. The number of nitrogens with one attached hydrogen (secondary N) is 1. The smallest absolute Gasteiger partial charge is 0.262 e. The maximum absolute atomic E-state index is 13.4. The molecule has 0 bridgehead atoms. The standard InChI is InChI=1S/C27H30FN3O2/c1-20-4-3-5-25(16-20)29-27(32)19-33-26-11-8-22(21-6-9-24(28)10-7-21)17-23(26)18-31-14-12-30(2)13-15-31/h3-11,16-17H,12-15,18-19H2,1-2H3,(H,29,32). The molecule has 1 saturated heterocycles. The van der Waals surface area contributed by atoms with Crippen LogP contribution in [0.5, 0.6) is 5.75 Å². The number of benzene rings is 3. The van der Waals surface area contributed by atoms with Gasteiger partial charge in [-0.05, 0) is 67.1 Å². The van der Waals surface area contributed by atoms with Crippen LogP contribution in [-0.2, 0) is 11.3 Å². The third-order valence-electron chi connectivity index (χ3n) is 5.89. The van der Waals surface area contributed by atoms with Crippen molar-refractivity contribution >= 4 is 11.6 Å². The Bertz CT molecular complexity index is 1090. The number of carbonyl (C=O) groups is 1. The molecule has 4 rings (SSSR count). The van der Waals surface area contributed by atoms with Crippen molar-refractivity contribution in [3.05, 3.63) is 83.7 Å². The molecular formula is C27H30FN3O2. The van der Waals surface area contributed by atoms with Crippen molar-refractivity contribution in [1.82, 2.24) is 9.80 Å². The predicted molar refractivity (Wildman–Crippen MR) is 130 cm³/mol. The average Bonchev–Trinajstić information content (AvgIpc) is 2.80. The minimum Gasteiger partial charge on any atom is -0.483 e. The summed E-state index contributed by atoms with van der Waals surface area (Å²) in [6.45, 7) is 6.64. The molecule has 5 nitrogen and oxygen atoms in total. The molecule has 0 aromatic heterocycles. The Hall–Kier alpha value is -3.22. The fraction of sp³-hybridized carbons (Fsp3) is 0.296. The van der Waals surface area contributed by atoms with Crippen LogP contribution in [0.4, 0.5) is 10.1 Å². The maximum atomic E-state index is 13.4. The van der Waals surface area contributed by atoms with Gasteiger partial charge < -0.3 is 15.0 Å². The molecule has 1 amide bonds. The largest absolute Gasteiger partial charge is 0.483 e. The molecule has 1 aliphatic heterocycles. The number of anilines is 1. The number of likely N-dealkylation sites (N-methyl/N-ethyl adjacent to an activating group) is 1. The summed E-state index contributed by atoms with van der Waals surface area (Å²) in [7, 11) is 2.13. The second kappa shape index (κ2) is 10.6. The first-order valence-electron chi connectivity index (χ1n) is 11.3. The highest BCUT2D eigenvalue weighted by molar-refractivity contribution is 5.92. The zero-order valence-corrected chi connectivity index (χ0v) is 19.2. The van der Waals surface area contributed by atoms with Crippen molar-refractivity contribution < 1.29 is 13.9 Å². The zero-order valence-electron chi connectivity index (χ0n) is 19.2. The lowest BCUT2D eigenvalue weighted by atomic mass is 10.0. The van der Waals surface area contributed by atoms with E-state index in [1.165, 1.54) is 12.1 Å². The Morgan fingerprint density at radius 1 is 0.970 bits per heavy atom. The predicted octanol–water partition coefficient (Wildman–Crippen LogP) is 4.57. The molecule has 0 saturated carbocycles. The first-order valence-corrected chi connectivity index (χ1v) is 11.3. The van der Waals surface area contributed by atoms with E-state index in [-0.39, 0.29) is 18.3 Å². The van der Waals surface area contributed by atoms with Crippen LogP contribution in [-0.4, -0.2) is 55.5 Å². The molecule has 0 atom stereocenters. The fourth-order valence-corrected chi connectivity index (χ4v) is 3.98. The normalized spacial score (nSPS) is 14.8. The minimum atomic E-state index is -0.254. The first-order chi connectivity index (χ1) is 16.0. The number of carbonyl (C=O) groups excluding carboxylic acids is 1. The van der Waals surface area contributed by atoms with Crippen molar-refractivity contribution in [1.29, 1.82) is 0 Å². The van der Waals surface area contributed by atoms with E-state index in [1.807, 2.05) is 43.3 Å². The number of aryl methyl sites for hydroxylation is 1. The summed E-state index contributed by atoms with van der Waals surface area (Å²) in [5.74, 6) is 0.240. The molecule has 0 radical (unpaired) electrons. The Balaban J connectivity index is 1.49. The molecule has 0 aliphatic carbocycles. The summed E-state index contributed by atoms with van der Waals surface area (Å²) in [4.78, 5) is 17.2. The van der Waals surface area contributed by atoms with Crippen LogP contribution >= 0.6 is 0 Å². The van der Waals surface area contributed by atoms with Gasteiger partial charge in [-0.25, -0.2) is 4.39 Å². The Morgan fingerprint density at radius 2 is 1.70 bits per heavy atom. The van der Waals surface area contributed by atoms with Crippen molar-refractivity contribution in [3.8, 4) is 16.9 Å². The molecule has 6 heteroatoms. The molecule has 0 spiro atoms. The molecule has 3 aromatic carbocycles. The Labute approximate surface area is 194 Å². The van der Waals surface area contributed by atoms with Crippen molar-refractivity contribution in [2.75, 3.05) is 45.2 Å².